The largest absolute Gasteiger partial charge is 0.496 e. The number of carbonyl (C=O) groups excluding carboxylic acids is 1. The zero-order chi connectivity index (χ0) is 15.9. The minimum absolute atomic E-state index is 0.159. The molecule has 0 bridgehead atoms. The van der Waals surface area contributed by atoms with Gasteiger partial charge in [-0.25, -0.2) is 0 Å². The minimum atomic E-state index is -0.286. The maximum absolute atomic E-state index is 12.1. The van der Waals surface area contributed by atoms with Crippen LogP contribution in [0.3, 0.4) is 0 Å². The lowest BCUT2D eigenvalue weighted by molar-refractivity contribution is -0.111. The van der Waals surface area contributed by atoms with Gasteiger partial charge in [0.2, 0.25) is 5.91 Å². The number of methoxy groups -OCH3 is 1. The summed E-state index contributed by atoms with van der Waals surface area (Å²) in [4.78, 5) is 16.1. The van der Waals surface area contributed by atoms with Crippen LogP contribution in [-0.2, 0) is 11.4 Å². The molecule has 0 saturated heterocycles. The number of hydrogen-bond acceptors (Lipinski definition) is 4. The lowest BCUT2D eigenvalue weighted by atomic mass is 10.1. The second-order valence-corrected chi connectivity index (χ2v) is 4.71. The van der Waals surface area contributed by atoms with Crippen molar-refractivity contribution in [3.05, 3.63) is 59.9 Å². The van der Waals surface area contributed by atoms with E-state index in [0.717, 1.165) is 11.1 Å². The number of benzene rings is 1. The first-order valence-electron chi connectivity index (χ1n) is 6.82. The molecule has 0 aliphatic carbocycles. The van der Waals surface area contributed by atoms with Crippen LogP contribution in [0.4, 0.5) is 5.69 Å². The molecule has 22 heavy (non-hydrogen) atoms. The molecule has 114 valence electrons. The van der Waals surface area contributed by atoms with Crippen LogP contribution in [0.15, 0.2) is 48.8 Å². The SMILES string of the molecule is COc1ccccc1/C(C)=C/C(=O)Nc1cnccc1CO. The van der Waals surface area contributed by atoms with E-state index in [1.807, 2.05) is 31.2 Å². The summed E-state index contributed by atoms with van der Waals surface area (Å²) in [6.45, 7) is 1.68. The summed E-state index contributed by atoms with van der Waals surface area (Å²) in [5.41, 5.74) is 2.75. The molecule has 2 aromatic rings. The number of nitrogens with zero attached hydrogens (tertiary/aromatic N) is 1. The molecule has 5 heteroatoms. The Bertz CT molecular complexity index is 696. The Hall–Kier alpha value is -2.66. The summed E-state index contributed by atoms with van der Waals surface area (Å²) in [6, 6.07) is 9.15. The number of aromatic nitrogens is 1. The summed E-state index contributed by atoms with van der Waals surface area (Å²) in [7, 11) is 1.59. The highest BCUT2D eigenvalue weighted by atomic mass is 16.5. The molecule has 2 N–H and O–H groups in total. The van der Waals surface area contributed by atoms with E-state index in [2.05, 4.69) is 10.3 Å². The van der Waals surface area contributed by atoms with E-state index < -0.39 is 0 Å². The van der Waals surface area contributed by atoms with E-state index in [4.69, 9.17) is 4.74 Å². The lowest BCUT2D eigenvalue weighted by Crippen LogP contribution is -2.11. The van der Waals surface area contributed by atoms with Gasteiger partial charge in [-0.15, -0.1) is 0 Å². The highest BCUT2D eigenvalue weighted by Crippen LogP contribution is 2.25. The zero-order valence-electron chi connectivity index (χ0n) is 12.5. The Morgan fingerprint density at radius 2 is 2.14 bits per heavy atom. The van der Waals surface area contributed by atoms with Gasteiger partial charge >= 0.3 is 0 Å². The summed E-state index contributed by atoms with van der Waals surface area (Å²) in [6.07, 6.45) is 4.57. The second-order valence-electron chi connectivity index (χ2n) is 4.71. The fraction of sp³-hybridized carbons (Fsp3) is 0.176. The number of para-hydroxylation sites is 1. The van der Waals surface area contributed by atoms with Gasteiger partial charge in [0.25, 0.3) is 0 Å². The normalized spacial score (nSPS) is 11.1. The number of allylic oxidation sites excluding steroid dienone is 1. The Morgan fingerprint density at radius 3 is 2.86 bits per heavy atom. The first-order chi connectivity index (χ1) is 10.7. The molecule has 1 heterocycles. The first-order valence-corrected chi connectivity index (χ1v) is 6.82. The average Bonchev–Trinajstić information content (AvgIpc) is 2.55. The highest BCUT2D eigenvalue weighted by molar-refractivity contribution is 6.04. The topological polar surface area (TPSA) is 71.5 Å². The van der Waals surface area contributed by atoms with E-state index in [1.54, 1.807) is 19.4 Å². The maximum atomic E-state index is 12.1. The van der Waals surface area contributed by atoms with Gasteiger partial charge < -0.3 is 15.2 Å². The first kappa shape index (κ1) is 15.7. The molecule has 0 fully saturated rings. The quantitative estimate of drug-likeness (QED) is 0.832. The van der Waals surface area contributed by atoms with Crippen LogP contribution in [0, 0.1) is 0 Å². The molecule has 0 saturated carbocycles. The molecule has 0 radical (unpaired) electrons. The van der Waals surface area contributed by atoms with E-state index >= 15 is 0 Å². The summed E-state index contributed by atoms with van der Waals surface area (Å²) >= 11 is 0. The second kappa shape index (κ2) is 7.38. The van der Waals surface area contributed by atoms with Crippen LogP contribution in [0.25, 0.3) is 5.57 Å². The van der Waals surface area contributed by atoms with Gasteiger partial charge in [-0.05, 0) is 24.6 Å². The number of aliphatic hydroxyl groups excluding tert-OH is 1. The minimum Gasteiger partial charge on any atom is -0.496 e. The van der Waals surface area contributed by atoms with Crippen LogP contribution in [0.5, 0.6) is 5.75 Å². The zero-order valence-corrected chi connectivity index (χ0v) is 12.5. The number of rotatable bonds is 5. The van der Waals surface area contributed by atoms with Gasteiger partial charge in [-0.1, -0.05) is 18.2 Å². The predicted molar refractivity (Wildman–Crippen MR) is 85.4 cm³/mol. The predicted octanol–water partition coefficient (Wildman–Crippen LogP) is 2.62. The number of amides is 1. The molecule has 1 amide bonds. The van der Waals surface area contributed by atoms with Gasteiger partial charge in [0.1, 0.15) is 5.75 Å². The summed E-state index contributed by atoms with van der Waals surface area (Å²) in [5.74, 6) is 0.424. The average molecular weight is 298 g/mol. The lowest BCUT2D eigenvalue weighted by Gasteiger charge is -2.09. The van der Waals surface area contributed by atoms with Gasteiger partial charge in [0, 0.05) is 23.4 Å². The smallest absolute Gasteiger partial charge is 0.248 e. The van der Waals surface area contributed by atoms with E-state index in [-0.39, 0.29) is 12.5 Å². The van der Waals surface area contributed by atoms with Crippen molar-refractivity contribution in [2.75, 3.05) is 12.4 Å². The number of carbonyl (C=O) groups is 1. The standard InChI is InChI=1S/C17H18N2O3/c1-12(14-5-3-4-6-16(14)22-2)9-17(21)19-15-10-18-8-7-13(15)11-20/h3-10,20H,11H2,1-2H3,(H,19,21)/b12-9+. The van der Waals surface area contributed by atoms with Gasteiger partial charge in [0.05, 0.1) is 25.6 Å². The highest BCUT2D eigenvalue weighted by Gasteiger charge is 2.08. The Balaban J connectivity index is 2.19. The Labute approximate surface area is 129 Å². The number of hydrogen-bond donors (Lipinski definition) is 2. The van der Waals surface area contributed by atoms with E-state index in [9.17, 15) is 9.90 Å². The van der Waals surface area contributed by atoms with Crippen molar-refractivity contribution < 1.29 is 14.6 Å². The van der Waals surface area contributed by atoms with Gasteiger partial charge in [-0.3, -0.25) is 9.78 Å². The third-order valence-corrected chi connectivity index (χ3v) is 3.22. The number of pyridine rings is 1. The Kier molecular flexibility index (Phi) is 5.27. The van der Waals surface area contributed by atoms with Crippen LogP contribution >= 0.6 is 0 Å². The summed E-state index contributed by atoms with van der Waals surface area (Å²) in [5, 5.41) is 12.0. The van der Waals surface area contributed by atoms with Gasteiger partial charge in [0.15, 0.2) is 0 Å². The number of nitrogens with one attached hydrogen (secondary N) is 1. The molecule has 0 spiro atoms. The fourth-order valence-corrected chi connectivity index (χ4v) is 2.09. The molecule has 0 unspecified atom stereocenters. The van der Waals surface area contributed by atoms with Crippen molar-refractivity contribution in [3.8, 4) is 5.75 Å². The third kappa shape index (κ3) is 3.71. The Morgan fingerprint density at radius 1 is 1.36 bits per heavy atom. The van der Waals surface area contributed by atoms with Crippen LogP contribution in [0.2, 0.25) is 0 Å². The molecule has 2 rings (SSSR count). The van der Waals surface area contributed by atoms with Crippen molar-refractivity contribution >= 4 is 17.2 Å². The molecule has 0 atom stereocenters. The van der Waals surface area contributed by atoms with E-state index in [0.29, 0.717) is 17.0 Å². The number of ether oxygens (including phenoxy) is 1. The molecule has 0 aliphatic rings. The molecule has 1 aromatic heterocycles. The van der Waals surface area contributed by atoms with Gasteiger partial charge in [-0.2, -0.15) is 0 Å². The van der Waals surface area contributed by atoms with Crippen molar-refractivity contribution in [1.82, 2.24) is 4.98 Å². The molecule has 0 aliphatic heterocycles. The van der Waals surface area contributed by atoms with Crippen molar-refractivity contribution in [2.45, 2.75) is 13.5 Å². The van der Waals surface area contributed by atoms with Crippen molar-refractivity contribution in [3.63, 3.8) is 0 Å². The van der Waals surface area contributed by atoms with Crippen LogP contribution < -0.4 is 10.1 Å². The molecular weight excluding hydrogens is 280 g/mol. The van der Waals surface area contributed by atoms with Crippen LogP contribution in [-0.4, -0.2) is 23.1 Å². The molecular formula is C17H18N2O3. The van der Waals surface area contributed by atoms with E-state index in [1.165, 1.54) is 12.3 Å². The van der Waals surface area contributed by atoms with Crippen molar-refractivity contribution in [1.29, 1.82) is 0 Å². The van der Waals surface area contributed by atoms with Crippen LogP contribution in [0.1, 0.15) is 18.1 Å². The summed E-state index contributed by atoms with van der Waals surface area (Å²) < 4.78 is 5.29. The number of anilines is 1. The third-order valence-electron chi connectivity index (χ3n) is 3.22. The van der Waals surface area contributed by atoms with Crippen molar-refractivity contribution in [2.24, 2.45) is 0 Å². The molecule has 5 nitrogen and oxygen atoms in total. The fourth-order valence-electron chi connectivity index (χ4n) is 2.09. The number of aliphatic hydroxyl groups is 1. The maximum Gasteiger partial charge on any atom is 0.248 e. The molecule has 1 aromatic carbocycles. The monoisotopic (exact) mass is 298 g/mol.